The van der Waals surface area contributed by atoms with Crippen molar-refractivity contribution in [2.45, 2.75) is 204 Å². The van der Waals surface area contributed by atoms with Crippen LogP contribution >= 0.6 is 0 Å². The van der Waals surface area contributed by atoms with E-state index < -0.39 is 128 Å². The monoisotopic (exact) mass is 983 g/mol. The molecule has 3 N–H and O–H groups in total. The minimum absolute atomic E-state index is 0.0545. The highest BCUT2D eigenvalue weighted by Crippen LogP contribution is 2.41. The maximum Gasteiger partial charge on any atom is 0.309 e. The first-order chi connectivity index (χ1) is 32.6. The van der Waals surface area contributed by atoms with Crippen molar-refractivity contribution in [2.75, 3.05) is 35.3 Å². The Balaban J connectivity index is 1.86. The molecule has 0 amide bonds. The van der Waals surface area contributed by atoms with Crippen LogP contribution in [0.3, 0.4) is 0 Å². The predicted molar refractivity (Wildman–Crippen MR) is 250 cm³/mol. The van der Waals surface area contributed by atoms with Crippen molar-refractivity contribution < 1.29 is 81.9 Å². The van der Waals surface area contributed by atoms with E-state index in [1.54, 1.807) is 58.8 Å². The Hall–Kier alpha value is -3.05. The molecule has 394 valence electrons. The van der Waals surface area contributed by atoms with E-state index in [4.69, 9.17) is 42.6 Å². The van der Waals surface area contributed by atoms with E-state index in [9.17, 15) is 39.3 Å². The van der Waals surface area contributed by atoms with Crippen molar-refractivity contribution in [3.63, 3.8) is 0 Å². The molecule has 0 aromatic carbocycles. The minimum atomic E-state index is -1.53. The average molecular weight is 983 g/mol. The van der Waals surface area contributed by atoms with Crippen LogP contribution in [-0.2, 0) is 66.6 Å². The lowest BCUT2D eigenvalue weighted by atomic mass is 9.72. The lowest BCUT2D eigenvalue weighted by Gasteiger charge is -2.50. The van der Waals surface area contributed by atoms with Gasteiger partial charge in [0, 0.05) is 58.1 Å². The van der Waals surface area contributed by atoms with E-state index in [1.807, 2.05) is 45.0 Å². The number of likely N-dealkylation sites (N-methyl/N-ethyl adjacent to an activating group) is 2. The summed E-state index contributed by atoms with van der Waals surface area (Å²) in [5.74, 6) is -3.71. The summed E-state index contributed by atoms with van der Waals surface area (Å²) in [4.78, 5) is 68.5. The van der Waals surface area contributed by atoms with Crippen molar-refractivity contribution in [2.24, 2.45) is 23.7 Å². The molecule has 0 aromatic rings. The fourth-order valence-electron chi connectivity index (χ4n) is 10.8. The van der Waals surface area contributed by atoms with E-state index in [0.29, 0.717) is 25.5 Å². The number of esters is 2. The van der Waals surface area contributed by atoms with Gasteiger partial charge in [0.1, 0.15) is 55.5 Å². The molecule has 4 heterocycles. The van der Waals surface area contributed by atoms with E-state index in [1.165, 1.54) is 14.0 Å². The molecule has 2 unspecified atom stereocenters. The number of hydrogen-bond donors (Lipinski definition) is 3. The van der Waals surface area contributed by atoms with Crippen LogP contribution in [0, 0.1) is 23.7 Å². The standard InChI is InChI=1S/C50H82N2O17/c1-13-38(56)66-37-26-39(57)62-28(2)17-15-14-16-18-36(67-40-25-33(19-22-53)42(51(8)9)30(4)63-40)29(3)34(20-23-54)35(21-24-55)46(47(37)61-12)69-49-44(58)43(52(10)11)45(31(5)65-49)68-41-27-50(7,60)48(59)32(6)64-41/h14-16,18,22-24,28-37,40-49,58-60H,13,17,19-21,25-27H2,1-12H3/b15-14+,18-16+/t28-,29-,30-,31-,32+,33?,34?,35+,36+,37-,40+,41+,42-,43-,44-,45-,46+,47+,48+,49+,50-/m1/s1. The fourth-order valence-corrected chi connectivity index (χ4v) is 10.8. The third kappa shape index (κ3) is 15.5. The van der Waals surface area contributed by atoms with Crippen LogP contribution in [0.5, 0.6) is 0 Å². The number of aliphatic hydroxyl groups is 3. The number of methoxy groups -OCH3 is 1. The highest BCUT2D eigenvalue weighted by atomic mass is 16.7. The van der Waals surface area contributed by atoms with Crippen molar-refractivity contribution >= 4 is 30.8 Å². The molecule has 3 saturated heterocycles. The molecule has 0 spiro atoms. The van der Waals surface area contributed by atoms with Gasteiger partial charge in [-0.05, 0) is 86.5 Å². The normalized spacial score (nSPS) is 42.8. The van der Waals surface area contributed by atoms with Gasteiger partial charge in [0.05, 0.1) is 48.6 Å². The van der Waals surface area contributed by atoms with Crippen LogP contribution in [0.25, 0.3) is 0 Å². The third-order valence-corrected chi connectivity index (χ3v) is 14.3. The van der Waals surface area contributed by atoms with Crippen LogP contribution in [-0.4, -0.2) is 195 Å². The summed E-state index contributed by atoms with van der Waals surface area (Å²) in [7, 11) is 8.70. The van der Waals surface area contributed by atoms with Crippen LogP contribution in [0.1, 0.15) is 99.8 Å². The van der Waals surface area contributed by atoms with E-state index in [0.717, 1.165) is 12.6 Å². The molecule has 0 radical (unpaired) electrons. The highest BCUT2D eigenvalue weighted by Gasteiger charge is 2.53. The number of rotatable bonds is 17. The summed E-state index contributed by atoms with van der Waals surface area (Å²) in [5.41, 5.74) is -1.53. The van der Waals surface area contributed by atoms with Gasteiger partial charge >= 0.3 is 11.9 Å². The SMILES string of the molecule is CCC(=O)O[C@@H]1CC(=O)O[C@H](C)C/C=C/C=C/[C@H](O[C@H]2CC(CC=O)[C@H](N(C)C)[C@@H](C)O2)[C@H](C)C(CC=O)[C@H](CC=O)[C@H](O[C@@H]2O[C@H](C)[C@@H](O[C@H]3C[C@@](C)(O)[C@@H](O)[C@H](C)O3)[C@H](N(C)C)[C@H]2O)[C@H]1OC. The second kappa shape index (κ2) is 27.1. The Morgan fingerprint density at radius 1 is 0.812 bits per heavy atom. The Labute approximate surface area is 408 Å². The molecule has 3 fully saturated rings. The molecule has 0 bridgehead atoms. The van der Waals surface area contributed by atoms with Crippen LogP contribution in [0.15, 0.2) is 24.3 Å². The molecule has 69 heavy (non-hydrogen) atoms. The topological polar surface area (TPSA) is 236 Å². The van der Waals surface area contributed by atoms with E-state index in [-0.39, 0.29) is 43.7 Å². The van der Waals surface area contributed by atoms with Crippen molar-refractivity contribution in [3.8, 4) is 0 Å². The van der Waals surface area contributed by atoms with Gasteiger partial charge in [-0.1, -0.05) is 38.2 Å². The second-order valence-corrected chi connectivity index (χ2v) is 20.0. The Morgan fingerprint density at radius 2 is 1.45 bits per heavy atom. The first kappa shape index (κ1) is 58.5. The predicted octanol–water partition coefficient (Wildman–Crippen LogP) is 2.92. The molecule has 4 aliphatic heterocycles. The van der Waals surface area contributed by atoms with Gasteiger partial charge < -0.3 is 82.1 Å². The Morgan fingerprint density at radius 3 is 2.04 bits per heavy atom. The zero-order valence-corrected chi connectivity index (χ0v) is 42.7. The molecule has 21 atom stereocenters. The highest BCUT2D eigenvalue weighted by molar-refractivity contribution is 5.72. The average Bonchev–Trinajstić information content (AvgIpc) is 3.26. The summed E-state index contributed by atoms with van der Waals surface area (Å²) in [5, 5.41) is 33.9. The van der Waals surface area contributed by atoms with Gasteiger partial charge in [-0.25, -0.2) is 0 Å². The van der Waals surface area contributed by atoms with Crippen LogP contribution < -0.4 is 0 Å². The number of ether oxygens (including phenoxy) is 9. The number of allylic oxidation sites excluding steroid dienone is 2. The molecule has 0 saturated carbocycles. The lowest BCUT2D eigenvalue weighted by molar-refractivity contribution is -0.345. The number of aliphatic hydroxyl groups excluding tert-OH is 2. The summed E-state index contributed by atoms with van der Waals surface area (Å²) >= 11 is 0. The first-order valence-electron chi connectivity index (χ1n) is 24.5. The van der Waals surface area contributed by atoms with Gasteiger partial charge in [0.25, 0.3) is 0 Å². The van der Waals surface area contributed by atoms with Gasteiger partial charge in [-0.15, -0.1) is 0 Å². The summed E-state index contributed by atoms with van der Waals surface area (Å²) < 4.78 is 57.1. The summed E-state index contributed by atoms with van der Waals surface area (Å²) in [6, 6.07) is -0.897. The van der Waals surface area contributed by atoms with Crippen LogP contribution in [0.2, 0.25) is 0 Å². The van der Waals surface area contributed by atoms with Crippen molar-refractivity contribution in [3.05, 3.63) is 24.3 Å². The number of nitrogens with zero attached hydrogens (tertiary/aromatic N) is 2. The second-order valence-electron chi connectivity index (χ2n) is 20.0. The Bertz CT molecular complexity index is 1700. The maximum atomic E-state index is 13.7. The maximum absolute atomic E-state index is 13.7. The minimum Gasteiger partial charge on any atom is -0.462 e. The smallest absolute Gasteiger partial charge is 0.309 e. The third-order valence-electron chi connectivity index (χ3n) is 14.3. The molecule has 0 aliphatic carbocycles. The van der Waals surface area contributed by atoms with Crippen LogP contribution in [0.4, 0.5) is 0 Å². The molecule has 19 nitrogen and oxygen atoms in total. The summed E-state index contributed by atoms with van der Waals surface area (Å²) in [6.07, 6.45) is -4.29. The number of aldehydes is 3. The number of carbonyl (C=O) groups is 5. The zero-order valence-electron chi connectivity index (χ0n) is 42.7. The summed E-state index contributed by atoms with van der Waals surface area (Å²) in [6.45, 7) is 12.0. The molecular weight excluding hydrogens is 901 g/mol. The number of hydrogen-bond acceptors (Lipinski definition) is 19. The van der Waals surface area contributed by atoms with E-state index >= 15 is 0 Å². The molecule has 19 heteroatoms. The van der Waals surface area contributed by atoms with Gasteiger partial charge in [0.2, 0.25) is 0 Å². The van der Waals surface area contributed by atoms with Crippen molar-refractivity contribution in [1.29, 1.82) is 0 Å². The van der Waals surface area contributed by atoms with Gasteiger partial charge in [-0.3, -0.25) is 9.59 Å². The number of cyclic esters (lactones) is 1. The van der Waals surface area contributed by atoms with Gasteiger partial charge in [-0.2, -0.15) is 0 Å². The molecule has 4 aliphatic rings. The van der Waals surface area contributed by atoms with Crippen molar-refractivity contribution in [1.82, 2.24) is 9.80 Å². The first-order valence-corrected chi connectivity index (χ1v) is 24.5. The largest absolute Gasteiger partial charge is 0.462 e. The molecule has 0 aromatic heterocycles. The fraction of sp³-hybridized carbons (Fsp3) is 0.820. The van der Waals surface area contributed by atoms with E-state index in [2.05, 4.69) is 0 Å². The van der Waals surface area contributed by atoms with Gasteiger partial charge in [0.15, 0.2) is 18.9 Å². The Kier molecular flexibility index (Phi) is 23.0. The molecular formula is C50H82N2O17. The molecule has 4 rings (SSSR count). The number of carbonyl (C=O) groups excluding carboxylic acids is 5. The zero-order chi connectivity index (χ0) is 51.3. The quantitative estimate of drug-likeness (QED) is 0.140. The lowest BCUT2D eigenvalue weighted by Crippen LogP contribution is -2.66.